The van der Waals surface area contributed by atoms with E-state index < -0.39 is 5.97 Å². The third kappa shape index (κ3) is 5.42. The van der Waals surface area contributed by atoms with Gasteiger partial charge in [-0.1, -0.05) is 30.3 Å². The van der Waals surface area contributed by atoms with Crippen molar-refractivity contribution in [2.75, 3.05) is 20.3 Å². The number of amides is 1. The zero-order valence-electron chi connectivity index (χ0n) is 16.3. The van der Waals surface area contributed by atoms with Crippen LogP contribution in [0.2, 0.25) is 0 Å². The molecule has 0 spiro atoms. The molecule has 0 saturated heterocycles. The molecular formula is C22H22N2O4S. The zero-order valence-corrected chi connectivity index (χ0v) is 17.1. The molecule has 0 bridgehead atoms. The summed E-state index contributed by atoms with van der Waals surface area (Å²) in [5.74, 6) is 0.000145. The molecule has 150 valence electrons. The number of nitrogens with zero attached hydrogens (tertiary/aromatic N) is 2. The van der Waals surface area contributed by atoms with Gasteiger partial charge in [0.15, 0.2) is 0 Å². The van der Waals surface area contributed by atoms with Gasteiger partial charge in [0.25, 0.3) is 5.91 Å². The zero-order chi connectivity index (χ0) is 20.6. The topological polar surface area (TPSA) is 68.7 Å². The van der Waals surface area contributed by atoms with Crippen LogP contribution in [0.4, 0.5) is 0 Å². The van der Waals surface area contributed by atoms with Crippen molar-refractivity contribution in [1.82, 2.24) is 9.88 Å². The Labute approximate surface area is 173 Å². The number of thiazole rings is 1. The van der Waals surface area contributed by atoms with Crippen LogP contribution < -0.4 is 4.74 Å². The van der Waals surface area contributed by atoms with Crippen molar-refractivity contribution in [2.45, 2.75) is 13.5 Å². The van der Waals surface area contributed by atoms with Gasteiger partial charge in [0.2, 0.25) is 0 Å². The van der Waals surface area contributed by atoms with Gasteiger partial charge in [0.05, 0.1) is 13.7 Å². The summed E-state index contributed by atoms with van der Waals surface area (Å²) in [6, 6.07) is 17.1. The minimum Gasteiger partial charge on any atom is -0.494 e. The molecule has 1 aromatic heterocycles. The van der Waals surface area contributed by atoms with Crippen molar-refractivity contribution in [1.29, 1.82) is 0 Å². The summed E-state index contributed by atoms with van der Waals surface area (Å²) in [6.07, 6.45) is 0. The molecule has 0 fully saturated rings. The normalized spacial score (nSPS) is 10.4. The van der Waals surface area contributed by atoms with Gasteiger partial charge in [0.1, 0.15) is 23.0 Å². The fourth-order valence-corrected chi connectivity index (χ4v) is 3.55. The number of esters is 1. The van der Waals surface area contributed by atoms with Crippen molar-refractivity contribution in [3.05, 3.63) is 71.2 Å². The molecule has 0 saturated carbocycles. The lowest BCUT2D eigenvalue weighted by Gasteiger charge is -2.20. The number of hydrogen-bond donors (Lipinski definition) is 0. The van der Waals surface area contributed by atoms with E-state index in [1.807, 2.05) is 61.5 Å². The minimum absolute atomic E-state index is 0.139. The van der Waals surface area contributed by atoms with Crippen LogP contribution in [0.15, 0.2) is 60.0 Å². The number of carbonyl (C=O) groups excluding carboxylic acids is 2. The van der Waals surface area contributed by atoms with E-state index in [0.717, 1.165) is 21.9 Å². The van der Waals surface area contributed by atoms with Crippen molar-refractivity contribution in [2.24, 2.45) is 0 Å². The molecule has 0 radical (unpaired) electrons. The average molecular weight is 410 g/mol. The van der Waals surface area contributed by atoms with Crippen molar-refractivity contribution in [3.63, 3.8) is 0 Å². The van der Waals surface area contributed by atoms with E-state index in [0.29, 0.717) is 18.8 Å². The first-order valence-electron chi connectivity index (χ1n) is 9.19. The molecule has 0 aliphatic carbocycles. The third-order valence-electron chi connectivity index (χ3n) is 4.19. The lowest BCUT2D eigenvalue weighted by Crippen LogP contribution is -2.36. The van der Waals surface area contributed by atoms with E-state index in [4.69, 9.17) is 9.47 Å². The van der Waals surface area contributed by atoms with E-state index >= 15 is 0 Å². The number of rotatable bonds is 8. The van der Waals surface area contributed by atoms with Gasteiger partial charge in [-0.15, -0.1) is 11.3 Å². The van der Waals surface area contributed by atoms with Crippen LogP contribution >= 0.6 is 11.3 Å². The highest BCUT2D eigenvalue weighted by Crippen LogP contribution is 2.26. The van der Waals surface area contributed by atoms with Crippen LogP contribution in [-0.4, -0.2) is 42.0 Å². The molecule has 0 unspecified atom stereocenters. The van der Waals surface area contributed by atoms with Crippen molar-refractivity contribution in [3.8, 4) is 16.3 Å². The highest BCUT2D eigenvalue weighted by Gasteiger charge is 2.22. The Morgan fingerprint density at radius 2 is 1.79 bits per heavy atom. The summed E-state index contributed by atoms with van der Waals surface area (Å²) in [4.78, 5) is 30.8. The summed E-state index contributed by atoms with van der Waals surface area (Å²) in [6.45, 7) is 2.69. The van der Waals surface area contributed by atoms with E-state index in [9.17, 15) is 9.59 Å². The first-order valence-corrected chi connectivity index (χ1v) is 10.1. The van der Waals surface area contributed by atoms with Gasteiger partial charge in [-0.3, -0.25) is 9.59 Å². The number of ether oxygens (including phenoxy) is 2. The predicted molar refractivity (Wildman–Crippen MR) is 112 cm³/mol. The monoisotopic (exact) mass is 410 g/mol. The lowest BCUT2D eigenvalue weighted by atomic mass is 10.2. The molecule has 1 heterocycles. The number of methoxy groups -OCH3 is 1. The second kappa shape index (κ2) is 9.84. The Balaban J connectivity index is 1.79. The average Bonchev–Trinajstić information content (AvgIpc) is 3.24. The fourth-order valence-electron chi connectivity index (χ4n) is 2.75. The Morgan fingerprint density at radius 3 is 2.45 bits per heavy atom. The van der Waals surface area contributed by atoms with Gasteiger partial charge in [0, 0.05) is 17.5 Å². The molecule has 29 heavy (non-hydrogen) atoms. The van der Waals surface area contributed by atoms with Crippen LogP contribution in [0.5, 0.6) is 5.75 Å². The summed E-state index contributed by atoms with van der Waals surface area (Å²) in [5.41, 5.74) is 2.13. The maximum Gasteiger partial charge on any atom is 0.325 e. The Morgan fingerprint density at radius 1 is 1.07 bits per heavy atom. The maximum atomic E-state index is 13.0. The molecular weight excluding hydrogens is 388 g/mol. The van der Waals surface area contributed by atoms with Gasteiger partial charge >= 0.3 is 5.97 Å². The van der Waals surface area contributed by atoms with E-state index in [2.05, 4.69) is 4.98 Å². The third-order valence-corrected chi connectivity index (χ3v) is 5.08. The minimum atomic E-state index is -0.476. The second-order valence-electron chi connectivity index (χ2n) is 6.22. The van der Waals surface area contributed by atoms with Crippen LogP contribution in [-0.2, 0) is 16.1 Å². The lowest BCUT2D eigenvalue weighted by molar-refractivity contribution is -0.141. The molecule has 0 atom stereocenters. The van der Waals surface area contributed by atoms with Crippen LogP contribution in [0.25, 0.3) is 10.6 Å². The molecule has 6 nitrogen and oxygen atoms in total. The van der Waals surface area contributed by atoms with Gasteiger partial charge in [-0.25, -0.2) is 4.98 Å². The highest BCUT2D eigenvalue weighted by molar-refractivity contribution is 7.13. The number of aromatic nitrogens is 1. The van der Waals surface area contributed by atoms with Crippen molar-refractivity contribution >= 4 is 23.2 Å². The smallest absolute Gasteiger partial charge is 0.325 e. The first-order chi connectivity index (χ1) is 14.1. The molecule has 0 N–H and O–H groups in total. The molecule has 3 rings (SSSR count). The Hall–Kier alpha value is -3.19. The SMILES string of the molecule is CCOc1ccc(-c2nc(C(=O)N(CC(=O)OC)Cc3ccccc3)cs2)cc1. The first kappa shape index (κ1) is 20.5. The van der Waals surface area contributed by atoms with Crippen LogP contribution in [0, 0.1) is 0 Å². The Bertz CT molecular complexity index is 954. The molecule has 0 aliphatic heterocycles. The number of benzene rings is 2. The molecule has 7 heteroatoms. The molecule has 3 aromatic rings. The van der Waals surface area contributed by atoms with Crippen molar-refractivity contribution < 1.29 is 19.1 Å². The summed E-state index contributed by atoms with van der Waals surface area (Å²) < 4.78 is 10.2. The fraction of sp³-hybridized carbons (Fsp3) is 0.227. The van der Waals surface area contributed by atoms with Crippen LogP contribution in [0.1, 0.15) is 23.0 Å². The molecule has 0 aliphatic rings. The highest BCUT2D eigenvalue weighted by atomic mass is 32.1. The molecule has 1 amide bonds. The second-order valence-corrected chi connectivity index (χ2v) is 7.08. The number of carbonyl (C=O) groups is 2. The van der Waals surface area contributed by atoms with E-state index in [-0.39, 0.29) is 12.5 Å². The summed E-state index contributed by atoms with van der Waals surface area (Å²) in [5, 5.41) is 2.44. The van der Waals surface area contributed by atoms with Gasteiger partial charge < -0.3 is 14.4 Å². The van der Waals surface area contributed by atoms with Gasteiger partial charge in [-0.2, -0.15) is 0 Å². The quantitative estimate of drug-likeness (QED) is 0.525. The van der Waals surface area contributed by atoms with E-state index in [1.54, 1.807) is 5.38 Å². The van der Waals surface area contributed by atoms with Gasteiger partial charge in [-0.05, 0) is 36.8 Å². The largest absolute Gasteiger partial charge is 0.494 e. The van der Waals surface area contributed by atoms with Crippen LogP contribution in [0.3, 0.4) is 0 Å². The predicted octanol–water partition coefficient (Wildman–Crippen LogP) is 4.02. The standard InChI is InChI=1S/C22H22N2O4S/c1-3-28-18-11-9-17(10-12-18)21-23-19(15-29-21)22(26)24(14-20(25)27-2)13-16-7-5-4-6-8-16/h4-12,15H,3,13-14H2,1-2H3. The maximum absolute atomic E-state index is 13.0. The number of hydrogen-bond acceptors (Lipinski definition) is 6. The summed E-state index contributed by atoms with van der Waals surface area (Å²) >= 11 is 1.38. The Kier molecular flexibility index (Phi) is 6.97. The van der Waals surface area contributed by atoms with E-state index in [1.165, 1.54) is 23.3 Å². The summed E-state index contributed by atoms with van der Waals surface area (Å²) in [7, 11) is 1.31. The molecule has 2 aromatic carbocycles.